The summed E-state index contributed by atoms with van der Waals surface area (Å²) in [5.41, 5.74) is 5.07. The fourth-order valence-corrected chi connectivity index (χ4v) is 4.59. The second-order valence-corrected chi connectivity index (χ2v) is 8.19. The third-order valence-corrected chi connectivity index (χ3v) is 6.32. The number of rotatable bonds is 6. The summed E-state index contributed by atoms with van der Waals surface area (Å²) in [6.45, 7) is 3.83. The number of aromatic nitrogens is 2. The smallest absolute Gasteiger partial charge is 0.233 e. The van der Waals surface area contributed by atoms with Crippen molar-refractivity contribution >= 4 is 52.6 Å². The van der Waals surface area contributed by atoms with Gasteiger partial charge >= 0.3 is 0 Å². The first-order valence-electron chi connectivity index (χ1n) is 6.86. The molecule has 2 rings (SSSR count). The zero-order chi connectivity index (χ0) is 16.8. The minimum absolute atomic E-state index is 0.0275. The van der Waals surface area contributed by atoms with Crippen molar-refractivity contribution in [2.24, 2.45) is 5.73 Å². The summed E-state index contributed by atoms with van der Waals surface area (Å²) >= 11 is 3.91. The summed E-state index contributed by atoms with van der Waals surface area (Å²) in [7, 11) is 0. The summed E-state index contributed by atoms with van der Waals surface area (Å²) < 4.78 is 1.35. The Morgan fingerprint density at radius 2 is 1.57 bits per heavy atom. The van der Waals surface area contributed by atoms with Crippen LogP contribution in [0.5, 0.6) is 0 Å². The number of nitrogens with zero attached hydrogens (tertiary/aromatic N) is 4. The Bertz CT molecular complexity index is 586. The second-order valence-electron chi connectivity index (χ2n) is 4.76. The molecular weight excluding hydrogens is 358 g/mol. The summed E-state index contributed by atoms with van der Waals surface area (Å²) in [4.78, 5) is 37.6. The van der Waals surface area contributed by atoms with Crippen molar-refractivity contribution in [3.05, 3.63) is 0 Å². The van der Waals surface area contributed by atoms with E-state index in [1.807, 2.05) is 0 Å². The molecule has 0 spiro atoms. The SMILES string of the molecule is CC(=O)N1CCN(C(=O)CSc2nnc(SCC(N)=O)s2)CC1. The van der Waals surface area contributed by atoms with Crippen LogP contribution in [0.2, 0.25) is 0 Å². The van der Waals surface area contributed by atoms with E-state index in [1.165, 1.54) is 41.8 Å². The quantitative estimate of drug-likeness (QED) is 0.691. The summed E-state index contributed by atoms with van der Waals surface area (Å²) in [5, 5.41) is 7.92. The van der Waals surface area contributed by atoms with Crippen LogP contribution in [0.15, 0.2) is 8.68 Å². The Labute approximate surface area is 146 Å². The molecule has 0 saturated carbocycles. The zero-order valence-electron chi connectivity index (χ0n) is 12.6. The molecule has 1 fully saturated rings. The molecular formula is C12H17N5O3S3. The Kier molecular flexibility index (Phi) is 6.66. The predicted octanol–water partition coefficient (Wildman–Crippen LogP) is -0.102. The van der Waals surface area contributed by atoms with Gasteiger partial charge in [-0.05, 0) is 0 Å². The molecule has 126 valence electrons. The topological polar surface area (TPSA) is 109 Å². The molecule has 0 radical (unpaired) electrons. The third kappa shape index (κ3) is 5.66. The Balaban J connectivity index is 1.74. The molecule has 11 heteroatoms. The molecule has 1 aromatic heterocycles. The monoisotopic (exact) mass is 375 g/mol. The molecule has 2 heterocycles. The van der Waals surface area contributed by atoms with Gasteiger partial charge in [0.1, 0.15) is 0 Å². The lowest BCUT2D eigenvalue weighted by molar-refractivity contribution is -0.136. The number of hydrogen-bond acceptors (Lipinski definition) is 8. The van der Waals surface area contributed by atoms with Gasteiger partial charge in [0.2, 0.25) is 17.7 Å². The maximum atomic E-state index is 12.2. The molecule has 1 saturated heterocycles. The number of thioether (sulfide) groups is 2. The standard InChI is InChI=1S/C12H17N5O3S3/c1-8(18)16-2-4-17(5-3-16)10(20)7-22-12-15-14-11(23-12)21-6-9(13)19/h2-7H2,1H3,(H2,13,19). The van der Waals surface area contributed by atoms with Gasteiger partial charge < -0.3 is 15.5 Å². The molecule has 1 aromatic rings. The van der Waals surface area contributed by atoms with E-state index in [1.54, 1.807) is 9.80 Å². The first-order valence-corrected chi connectivity index (χ1v) is 9.65. The number of primary amides is 1. The largest absolute Gasteiger partial charge is 0.369 e. The van der Waals surface area contributed by atoms with Crippen molar-refractivity contribution in [1.82, 2.24) is 20.0 Å². The third-order valence-electron chi connectivity index (χ3n) is 3.12. The highest BCUT2D eigenvalue weighted by atomic mass is 32.2. The van der Waals surface area contributed by atoms with Crippen molar-refractivity contribution < 1.29 is 14.4 Å². The van der Waals surface area contributed by atoms with Crippen LogP contribution in [0.3, 0.4) is 0 Å². The minimum atomic E-state index is -0.403. The minimum Gasteiger partial charge on any atom is -0.369 e. The molecule has 0 atom stereocenters. The maximum Gasteiger partial charge on any atom is 0.233 e. The van der Waals surface area contributed by atoms with E-state index >= 15 is 0 Å². The lowest BCUT2D eigenvalue weighted by Crippen LogP contribution is -2.50. The predicted molar refractivity (Wildman–Crippen MR) is 89.4 cm³/mol. The van der Waals surface area contributed by atoms with Gasteiger partial charge in [-0.2, -0.15) is 0 Å². The molecule has 0 bridgehead atoms. The average molecular weight is 376 g/mol. The van der Waals surface area contributed by atoms with E-state index in [4.69, 9.17) is 5.73 Å². The molecule has 2 N–H and O–H groups in total. The van der Waals surface area contributed by atoms with Crippen LogP contribution in [-0.2, 0) is 14.4 Å². The molecule has 1 aliphatic rings. The van der Waals surface area contributed by atoms with Crippen LogP contribution in [0.4, 0.5) is 0 Å². The van der Waals surface area contributed by atoms with Gasteiger partial charge in [0.05, 0.1) is 11.5 Å². The van der Waals surface area contributed by atoms with Crippen molar-refractivity contribution in [2.45, 2.75) is 15.6 Å². The highest BCUT2D eigenvalue weighted by Gasteiger charge is 2.22. The fourth-order valence-electron chi connectivity index (χ4n) is 1.93. The first kappa shape index (κ1) is 18.0. The number of hydrogen-bond donors (Lipinski definition) is 1. The number of amides is 3. The molecule has 0 aromatic carbocycles. The fraction of sp³-hybridized carbons (Fsp3) is 0.583. The van der Waals surface area contributed by atoms with E-state index in [9.17, 15) is 14.4 Å². The summed E-state index contributed by atoms with van der Waals surface area (Å²) in [5.74, 6) is 0.119. The highest BCUT2D eigenvalue weighted by molar-refractivity contribution is 8.03. The van der Waals surface area contributed by atoms with E-state index in [2.05, 4.69) is 10.2 Å². The first-order chi connectivity index (χ1) is 11.0. The Hall–Kier alpha value is -1.33. The number of carbonyl (C=O) groups excluding carboxylic acids is 3. The molecule has 0 aliphatic carbocycles. The molecule has 3 amide bonds. The van der Waals surface area contributed by atoms with Crippen LogP contribution < -0.4 is 5.73 Å². The second kappa shape index (κ2) is 8.50. The lowest BCUT2D eigenvalue weighted by Gasteiger charge is -2.34. The highest BCUT2D eigenvalue weighted by Crippen LogP contribution is 2.28. The number of nitrogens with two attached hydrogens (primary N) is 1. The van der Waals surface area contributed by atoms with Crippen LogP contribution in [-0.4, -0.2) is 75.4 Å². The van der Waals surface area contributed by atoms with Gasteiger partial charge in [-0.1, -0.05) is 34.9 Å². The van der Waals surface area contributed by atoms with Crippen molar-refractivity contribution in [2.75, 3.05) is 37.7 Å². The zero-order valence-corrected chi connectivity index (χ0v) is 15.0. The molecule has 0 unspecified atom stereocenters. The van der Waals surface area contributed by atoms with Crippen molar-refractivity contribution in [3.8, 4) is 0 Å². The van der Waals surface area contributed by atoms with Gasteiger partial charge in [0.15, 0.2) is 8.68 Å². The number of carbonyl (C=O) groups is 3. The Morgan fingerprint density at radius 1 is 1.04 bits per heavy atom. The average Bonchev–Trinajstić information content (AvgIpc) is 2.98. The van der Waals surface area contributed by atoms with E-state index in [0.29, 0.717) is 34.9 Å². The van der Waals surface area contributed by atoms with Crippen molar-refractivity contribution in [1.29, 1.82) is 0 Å². The van der Waals surface area contributed by atoms with E-state index in [-0.39, 0.29) is 23.3 Å². The van der Waals surface area contributed by atoms with Crippen LogP contribution in [0.25, 0.3) is 0 Å². The normalized spacial score (nSPS) is 14.8. The van der Waals surface area contributed by atoms with Gasteiger partial charge in [0.25, 0.3) is 0 Å². The summed E-state index contributed by atoms with van der Waals surface area (Å²) in [6, 6.07) is 0. The Morgan fingerprint density at radius 3 is 2.09 bits per heavy atom. The van der Waals surface area contributed by atoms with Gasteiger partial charge in [-0.25, -0.2) is 0 Å². The molecule has 23 heavy (non-hydrogen) atoms. The van der Waals surface area contributed by atoms with Gasteiger partial charge in [-0.3, -0.25) is 14.4 Å². The molecule has 1 aliphatic heterocycles. The summed E-state index contributed by atoms with van der Waals surface area (Å²) in [6.07, 6.45) is 0. The van der Waals surface area contributed by atoms with Gasteiger partial charge in [0, 0.05) is 33.1 Å². The molecule has 8 nitrogen and oxygen atoms in total. The van der Waals surface area contributed by atoms with Crippen molar-refractivity contribution in [3.63, 3.8) is 0 Å². The van der Waals surface area contributed by atoms with Crippen LogP contribution >= 0.6 is 34.9 Å². The van der Waals surface area contributed by atoms with E-state index < -0.39 is 5.91 Å². The van der Waals surface area contributed by atoms with Crippen LogP contribution in [0, 0.1) is 0 Å². The number of piperazine rings is 1. The lowest BCUT2D eigenvalue weighted by atomic mass is 10.3. The van der Waals surface area contributed by atoms with Crippen LogP contribution in [0.1, 0.15) is 6.92 Å². The maximum absolute atomic E-state index is 12.2. The van der Waals surface area contributed by atoms with Gasteiger partial charge in [-0.15, -0.1) is 10.2 Å². The van der Waals surface area contributed by atoms with E-state index in [0.717, 1.165) is 0 Å².